The SMILES string of the molecule is O=C(O)Cc1cccc(-c2ccc(C=NNc3nc(-c4ccccc4)cs3)cc2)c1. The van der Waals surface area contributed by atoms with Gasteiger partial charge in [0, 0.05) is 10.9 Å². The summed E-state index contributed by atoms with van der Waals surface area (Å²) < 4.78 is 0. The number of hydrogen-bond donors (Lipinski definition) is 2. The monoisotopic (exact) mass is 413 g/mol. The standard InChI is InChI=1S/C24H19N3O2S/c28-23(29)14-18-5-4-8-21(13-18)19-11-9-17(10-12-19)15-25-27-24-26-22(16-30-24)20-6-2-1-3-7-20/h1-13,15-16H,14H2,(H,26,27)(H,28,29). The van der Waals surface area contributed by atoms with Gasteiger partial charge in [-0.15, -0.1) is 11.3 Å². The molecule has 4 rings (SSSR count). The lowest BCUT2D eigenvalue weighted by molar-refractivity contribution is -0.136. The molecule has 6 heteroatoms. The van der Waals surface area contributed by atoms with E-state index in [9.17, 15) is 4.79 Å². The molecule has 4 aromatic rings. The first-order chi connectivity index (χ1) is 14.7. The first-order valence-corrected chi connectivity index (χ1v) is 10.3. The van der Waals surface area contributed by atoms with E-state index in [0.29, 0.717) is 0 Å². The Kier molecular flexibility index (Phi) is 5.96. The van der Waals surface area contributed by atoms with Crippen molar-refractivity contribution in [3.8, 4) is 22.4 Å². The number of carbonyl (C=O) groups is 1. The van der Waals surface area contributed by atoms with Gasteiger partial charge >= 0.3 is 5.97 Å². The van der Waals surface area contributed by atoms with E-state index in [1.807, 2.05) is 84.2 Å². The Hall–Kier alpha value is -3.77. The van der Waals surface area contributed by atoms with Crippen LogP contribution in [0.2, 0.25) is 0 Å². The Morgan fingerprint density at radius 1 is 0.967 bits per heavy atom. The van der Waals surface area contributed by atoms with Crippen LogP contribution in [-0.2, 0) is 11.2 Å². The van der Waals surface area contributed by atoms with E-state index in [4.69, 9.17) is 5.11 Å². The largest absolute Gasteiger partial charge is 0.481 e. The molecule has 1 aromatic heterocycles. The van der Waals surface area contributed by atoms with Crippen molar-refractivity contribution in [2.45, 2.75) is 6.42 Å². The number of carboxylic acids is 1. The number of thiazole rings is 1. The maximum atomic E-state index is 10.9. The molecule has 0 bridgehead atoms. The van der Waals surface area contributed by atoms with Gasteiger partial charge in [-0.2, -0.15) is 5.10 Å². The van der Waals surface area contributed by atoms with Gasteiger partial charge in [-0.1, -0.05) is 78.9 Å². The topological polar surface area (TPSA) is 74.6 Å². The van der Waals surface area contributed by atoms with Crippen LogP contribution in [0, 0.1) is 0 Å². The number of anilines is 1. The second-order valence-electron chi connectivity index (χ2n) is 6.67. The van der Waals surface area contributed by atoms with E-state index in [-0.39, 0.29) is 6.42 Å². The second-order valence-corrected chi connectivity index (χ2v) is 7.52. The lowest BCUT2D eigenvalue weighted by atomic mass is 10.0. The molecule has 0 radical (unpaired) electrons. The summed E-state index contributed by atoms with van der Waals surface area (Å²) in [6, 6.07) is 25.6. The van der Waals surface area contributed by atoms with Gasteiger partial charge in [0.05, 0.1) is 18.3 Å². The maximum Gasteiger partial charge on any atom is 0.307 e. The molecular formula is C24H19N3O2S. The molecule has 0 saturated heterocycles. The van der Waals surface area contributed by atoms with Gasteiger partial charge in [-0.05, 0) is 22.3 Å². The average molecular weight is 414 g/mol. The maximum absolute atomic E-state index is 10.9. The second kappa shape index (κ2) is 9.15. The number of benzene rings is 3. The van der Waals surface area contributed by atoms with Crippen molar-refractivity contribution in [3.63, 3.8) is 0 Å². The fraction of sp³-hybridized carbons (Fsp3) is 0.0417. The fourth-order valence-electron chi connectivity index (χ4n) is 3.03. The van der Waals surface area contributed by atoms with Crippen molar-refractivity contribution in [2.24, 2.45) is 5.10 Å². The van der Waals surface area contributed by atoms with Crippen LogP contribution >= 0.6 is 11.3 Å². The third-order valence-corrected chi connectivity index (χ3v) is 5.22. The lowest BCUT2D eigenvalue weighted by Gasteiger charge is -2.05. The Labute approximate surface area is 178 Å². The van der Waals surface area contributed by atoms with Crippen LogP contribution in [0.25, 0.3) is 22.4 Å². The normalized spacial score (nSPS) is 10.9. The van der Waals surface area contributed by atoms with Crippen LogP contribution in [0.1, 0.15) is 11.1 Å². The van der Waals surface area contributed by atoms with Gasteiger partial charge < -0.3 is 5.11 Å². The third kappa shape index (κ3) is 4.98. The molecule has 0 aliphatic carbocycles. The number of rotatable bonds is 7. The number of aromatic nitrogens is 1. The summed E-state index contributed by atoms with van der Waals surface area (Å²) in [7, 11) is 0. The molecule has 148 valence electrons. The summed E-state index contributed by atoms with van der Waals surface area (Å²) in [6.07, 6.45) is 1.77. The Morgan fingerprint density at radius 3 is 2.50 bits per heavy atom. The van der Waals surface area contributed by atoms with Gasteiger partial charge in [-0.3, -0.25) is 10.2 Å². The molecule has 0 aliphatic heterocycles. The van der Waals surface area contributed by atoms with E-state index in [1.54, 1.807) is 6.21 Å². The van der Waals surface area contributed by atoms with E-state index < -0.39 is 5.97 Å². The minimum atomic E-state index is -0.831. The number of carboxylic acid groups (broad SMARTS) is 1. The van der Waals surface area contributed by atoms with E-state index in [2.05, 4.69) is 15.5 Å². The highest BCUT2D eigenvalue weighted by Crippen LogP contribution is 2.24. The van der Waals surface area contributed by atoms with Crippen LogP contribution in [0.3, 0.4) is 0 Å². The number of nitrogens with zero attached hydrogens (tertiary/aromatic N) is 2. The molecule has 0 aliphatic rings. The number of nitrogens with one attached hydrogen (secondary N) is 1. The van der Waals surface area contributed by atoms with Crippen LogP contribution in [0.4, 0.5) is 5.13 Å². The molecule has 5 nitrogen and oxygen atoms in total. The lowest BCUT2D eigenvalue weighted by Crippen LogP contribution is -1.99. The average Bonchev–Trinajstić information content (AvgIpc) is 3.24. The molecule has 3 aromatic carbocycles. The molecular weight excluding hydrogens is 394 g/mol. The van der Waals surface area contributed by atoms with Crippen LogP contribution in [-0.4, -0.2) is 22.3 Å². The summed E-state index contributed by atoms with van der Waals surface area (Å²) in [5, 5.41) is 16.0. The molecule has 1 heterocycles. The van der Waals surface area contributed by atoms with Gasteiger partial charge in [-0.25, -0.2) is 4.98 Å². The van der Waals surface area contributed by atoms with E-state index in [0.717, 1.165) is 38.6 Å². The quantitative estimate of drug-likeness (QED) is 0.308. The van der Waals surface area contributed by atoms with Gasteiger partial charge in [0.15, 0.2) is 0 Å². The van der Waals surface area contributed by atoms with Crippen molar-refractivity contribution >= 4 is 28.7 Å². The molecule has 0 unspecified atom stereocenters. The molecule has 0 amide bonds. The first kappa shape index (κ1) is 19.5. The van der Waals surface area contributed by atoms with Crippen molar-refractivity contribution in [3.05, 3.63) is 95.4 Å². The zero-order chi connectivity index (χ0) is 20.8. The summed E-state index contributed by atoms with van der Waals surface area (Å²) in [5.74, 6) is -0.831. The Bertz CT molecular complexity index is 1170. The molecule has 0 fully saturated rings. The molecule has 30 heavy (non-hydrogen) atoms. The predicted octanol–water partition coefficient (Wildman–Crippen LogP) is 5.55. The highest BCUT2D eigenvalue weighted by Gasteiger charge is 2.04. The van der Waals surface area contributed by atoms with Gasteiger partial charge in [0.25, 0.3) is 0 Å². The minimum absolute atomic E-state index is 0.0208. The number of aliphatic carboxylic acids is 1. The van der Waals surface area contributed by atoms with Crippen LogP contribution in [0.15, 0.2) is 89.3 Å². The van der Waals surface area contributed by atoms with Crippen molar-refractivity contribution in [2.75, 3.05) is 5.43 Å². The zero-order valence-electron chi connectivity index (χ0n) is 16.0. The molecule has 2 N–H and O–H groups in total. The molecule has 0 saturated carbocycles. The highest BCUT2D eigenvalue weighted by molar-refractivity contribution is 7.14. The van der Waals surface area contributed by atoms with Gasteiger partial charge in [0.2, 0.25) is 5.13 Å². The van der Waals surface area contributed by atoms with Crippen LogP contribution in [0.5, 0.6) is 0 Å². The van der Waals surface area contributed by atoms with Gasteiger partial charge in [0.1, 0.15) is 0 Å². The summed E-state index contributed by atoms with van der Waals surface area (Å²) >= 11 is 1.51. The van der Waals surface area contributed by atoms with Crippen LogP contribution < -0.4 is 5.43 Å². The number of hydrazone groups is 1. The van der Waals surface area contributed by atoms with Crippen molar-refractivity contribution in [1.29, 1.82) is 0 Å². The highest BCUT2D eigenvalue weighted by atomic mass is 32.1. The molecule has 0 spiro atoms. The first-order valence-electron chi connectivity index (χ1n) is 9.38. The Balaban J connectivity index is 1.40. The smallest absolute Gasteiger partial charge is 0.307 e. The molecule has 0 atom stereocenters. The Morgan fingerprint density at radius 2 is 1.73 bits per heavy atom. The van der Waals surface area contributed by atoms with Crippen molar-refractivity contribution in [1.82, 2.24) is 4.98 Å². The summed E-state index contributed by atoms with van der Waals surface area (Å²) in [6.45, 7) is 0. The van der Waals surface area contributed by atoms with E-state index >= 15 is 0 Å². The summed E-state index contributed by atoms with van der Waals surface area (Å²) in [5.41, 5.74) is 8.73. The fourth-order valence-corrected chi connectivity index (χ4v) is 3.69. The van der Waals surface area contributed by atoms with E-state index in [1.165, 1.54) is 11.3 Å². The number of hydrogen-bond acceptors (Lipinski definition) is 5. The summed E-state index contributed by atoms with van der Waals surface area (Å²) in [4.78, 5) is 15.5. The third-order valence-electron chi connectivity index (χ3n) is 4.47. The minimum Gasteiger partial charge on any atom is -0.481 e. The predicted molar refractivity (Wildman–Crippen MR) is 122 cm³/mol. The van der Waals surface area contributed by atoms with Crippen molar-refractivity contribution < 1.29 is 9.90 Å². The zero-order valence-corrected chi connectivity index (χ0v) is 16.8.